The van der Waals surface area contributed by atoms with Crippen LogP contribution in [0.1, 0.15) is 18.6 Å². The van der Waals surface area contributed by atoms with Gasteiger partial charge in [0.25, 0.3) is 0 Å². The van der Waals surface area contributed by atoms with E-state index in [4.69, 9.17) is 4.52 Å². The van der Waals surface area contributed by atoms with Gasteiger partial charge in [0.15, 0.2) is 5.76 Å². The van der Waals surface area contributed by atoms with Crippen LogP contribution in [-0.4, -0.2) is 16.5 Å². The Morgan fingerprint density at radius 1 is 1.00 bits per heavy atom. The van der Waals surface area contributed by atoms with Crippen LogP contribution in [0.2, 0.25) is 0 Å². The molecule has 1 aromatic heterocycles. The molecule has 4 nitrogen and oxygen atoms in total. The molecule has 0 atom stereocenters. The first-order chi connectivity index (χ1) is 11.2. The van der Waals surface area contributed by atoms with Crippen molar-refractivity contribution in [3.8, 4) is 28.1 Å². The van der Waals surface area contributed by atoms with E-state index >= 15 is 0 Å². The van der Waals surface area contributed by atoms with Gasteiger partial charge in [0.1, 0.15) is 17.7 Å². The number of phenolic OH excluding ortho intramolecular Hbond substituents is 1. The summed E-state index contributed by atoms with van der Waals surface area (Å²) < 4.78 is 5.61. The van der Waals surface area contributed by atoms with Gasteiger partial charge in [-0.3, -0.25) is 0 Å². The fourth-order valence-corrected chi connectivity index (χ4v) is 2.85. The lowest BCUT2D eigenvalue weighted by atomic mass is 9.93. The summed E-state index contributed by atoms with van der Waals surface area (Å²) in [4.78, 5) is 11.5. The average molecular weight is 305 g/mol. The number of benzene rings is 2. The molecule has 2 aromatic carbocycles. The maximum absolute atomic E-state index is 11.5. The van der Waals surface area contributed by atoms with Crippen LogP contribution in [0.15, 0.2) is 59.1 Å². The van der Waals surface area contributed by atoms with Gasteiger partial charge in [0.2, 0.25) is 0 Å². The Morgan fingerprint density at radius 2 is 1.70 bits per heavy atom. The summed E-state index contributed by atoms with van der Waals surface area (Å²) in [6.07, 6.45) is 2.56. The molecule has 114 valence electrons. The molecular formula is C19H15NO3. The second-order valence-corrected chi connectivity index (χ2v) is 5.92. The summed E-state index contributed by atoms with van der Waals surface area (Å²) >= 11 is 0. The average Bonchev–Trinajstić information content (AvgIpc) is 3.27. The van der Waals surface area contributed by atoms with Crippen molar-refractivity contribution >= 4 is 6.29 Å². The quantitative estimate of drug-likeness (QED) is 0.741. The lowest BCUT2D eigenvalue weighted by Gasteiger charge is -2.08. The van der Waals surface area contributed by atoms with E-state index in [2.05, 4.69) is 5.16 Å². The highest BCUT2D eigenvalue weighted by atomic mass is 16.5. The molecule has 4 rings (SSSR count). The molecule has 0 amide bonds. The highest BCUT2D eigenvalue weighted by Crippen LogP contribution is 2.51. The zero-order valence-corrected chi connectivity index (χ0v) is 12.4. The van der Waals surface area contributed by atoms with Gasteiger partial charge in [-0.05, 0) is 42.7 Å². The second kappa shape index (κ2) is 5.09. The normalized spacial score (nSPS) is 15.3. The molecular weight excluding hydrogens is 290 g/mol. The topological polar surface area (TPSA) is 63.3 Å². The molecule has 0 unspecified atom stereocenters. The van der Waals surface area contributed by atoms with Crippen molar-refractivity contribution in [1.29, 1.82) is 0 Å². The van der Waals surface area contributed by atoms with Crippen molar-refractivity contribution in [2.75, 3.05) is 0 Å². The van der Waals surface area contributed by atoms with Gasteiger partial charge >= 0.3 is 0 Å². The van der Waals surface area contributed by atoms with Gasteiger partial charge in [-0.15, -0.1) is 0 Å². The SMILES string of the molecule is O=CC1(c2onc(-c3ccc(O)cc3)c2-c2ccccc2)CC1. The Kier molecular flexibility index (Phi) is 3.05. The standard InChI is InChI=1S/C19H15NO3/c21-12-19(10-11-19)18-16(13-4-2-1-3-5-13)17(20-23-18)14-6-8-15(22)9-7-14/h1-9,12,22H,10-11H2. The molecule has 0 saturated heterocycles. The molecule has 1 aliphatic rings. The summed E-state index contributed by atoms with van der Waals surface area (Å²) in [7, 11) is 0. The Morgan fingerprint density at radius 3 is 2.30 bits per heavy atom. The van der Waals surface area contributed by atoms with Crippen molar-refractivity contribution in [3.63, 3.8) is 0 Å². The predicted molar refractivity (Wildman–Crippen MR) is 86.0 cm³/mol. The Balaban J connectivity index is 1.94. The van der Waals surface area contributed by atoms with Crippen LogP contribution < -0.4 is 0 Å². The number of aldehydes is 1. The first-order valence-electron chi connectivity index (χ1n) is 7.55. The number of hydrogen-bond donors (Lipinski definition) is 1. The van der Waals surface area contributed by atoms with Crippen LogP contribution in [-0.2, 0) is 10.2 Å². The first kappa shape index (κ1) is 13.8. The number of phenols is 1. The molecule has 23 heavy (non-hydrogen) atoms. The van der Waals surface area contributed by atoms with Crippen LogP contribution in [0.3, 0.4) is 0 Å². The summed E-state index contributed by atoms with van der Waals surface area (Å²) in [6, 6.07) is 16.6. The number of nitrogens with zero attached hydrogens (tertiary/aromatic N) is 1. The predicted octanol–water partition coefficient (Wildman–Crippen LogP) is 3.94. The van der Waals surface area contributed by atoms with E-state index in [1.807, 2.05) is 30.3 Å². The van der Waals surface area contributed by atoms with E-state index in [0.717, 1.165) is 35.8 Å². The Hall–Kier alpha value is -2.88. The van der Waals surface area contributed by atoms with E-state index in [1.54, 1.807) is 24.3 Å². The lowest BCUT2D eigenvalue weighted by molar-refractivity contribution is -0.110. The molecule has 1 N–H and O–H groups in total. The van der Waals surface area contributed by atoms with Crippen molar-refractivity contribution < 1.29 is 14.4 Å². The molecule has 1 saturated carbocycles. The molecule has 3 aromatic rings. The van der Waals surface area contributed by atoms with Crippen LogP contribution in [0.4, 0.5) is 0 Å². The number of aromatic hydroxyl groups is 1. The molecule has 0 bridgehead atoms. The number of rotatable bonds is 4. The van der Waals surface area contributed by atoms with Crippen LogP contribution in [0.25, 0.3) is 22.4 Å². The van der Waals surface area contributed by atoms with E-state index in [-0.39, 0.29) is 5.75 Å². The zero-order chi connectivity index (χ0) is 15.9. The minimum absolute atomic E-state index is 0.199. The van der Waals surface area contributed by atoms with E-state index in [1.165, 1.54) is 0 Å². The van der Waals surface area contributed by atoms with Crippen molar-refractivity contribution in [1.82, 2.24) is 5.16 Å². The van der Waals surface area contributed by atoms with E-state index in [9.17, 15) is 9.90 Å². The molecule has 1 fully saturated rings. The summed E-state index contributed by atoms with van der Waals surface area (Å²) in [5, 5.41) is 13.7. The summed E-state index contributed by atoms with van der Waals surface area (Å²) in [5.41, 5.74) is 2.84. The van der Waals surface area contributed by atoms with Gasteiger partial charge in [-0.25, -0.2) is 0 Å². The number of aromatic nitrogens is 1. The van der Waals surface area contributed by atoms with Crippen molar-refractivity contribution in [2.45, 2.75) is 18.3 Å². The molecule has 1 heterocycles. The van der Waals surface area contributed by atoms with Gasteiger partial charge in [-0.2, -0.15) is 0 Å². The van der Waals surface area contributed by atoms with Crippen LogP contribution in [0, 0.1) is 0 Å². The minimum Gasteiger partial charge on any atom is -0.508 e. The van der Waals surface area contributed by atoms with Gasteiger partial charge in [0.05, 0.1) is 11.0 Å². The van der Waals surface area contributed by atoms with Crippen LogP contribution >= 0.6 is 0 Å². The van der Waals surface area contributed by atoms with E-state index in [0.29, 0.717) is 11.5 Å². The molecule has 1 aliphatic carbocycles. The highest BCUT2D eigenvalue weighted by molar-refractivity contribution is 5.87. The first-order valence-corrected chi connectivity index (χ1v) is 7.55. The highest BCUT2D eigenvalue weighted by Gasteiger charge is 2.50. The zero-order valence-electron chi connectivity index (χ0n) is 12.4. The smallest absolute Gasteiger partial charge is 0.158 e. The molecule has 0 radical (unpaired) electrons. The van der Waals surface area contributed by atoms with Crippen molar-refractivity contribution in [3.05, 3.63) is 60.4 Å². The summed E-state index contributed by atoms with van der Waals surface area (Å²) in [6.45, 7) is 0. The maximum atomic E-state index is 11.5. The Labute approximate surface area is 133 Å². The largest absolute Gasteiger partial charge is 0.508 e. The van der Waals surface area contributed by atoms with E-state index < -0.39 is 5.41 Å². The van der Waals surface area contributed by atoms with Gasteiger partial charge in [-0.1, -0.05) is 35.5 Å². The third kappa shape index (κ3) is 2.23. The Bertz CT molecular complexity index is 846. The number of hydrogen-bond acceptors (Lipinski definition) is 4. The minimum atomic E-state index is -0.534. The number of carbonyl (C=O) groups is 1. The maximum Gasteiger partial charge on any atom is 0.158 e. The molecule has 0 spiro atoms. The van der Waals surface area contributed by atoms with Crippen molar-refractivity contribution in [2.24, 2.45) is 0 Å². The lowest BCUT2D eigenvalue weighted by Crippen LogP contribution is -2.07. The third-order valence-corrected chi connectivity index (χ3v) is 4.36. The fraction of sp³-hybridized carbons (Fsp3) is 0.158. The second-order valence-electron chi connectivity index (χ2n) is 5.92. The number of carbonyl (C=O) groups excluding carboxylic acids is 1. The fourth-order valence-electron chi connectivity index (χ4n) is 2.85. The van der Waals surface area contributed by atoms with Gasteiger partial charge < -0.3 is 14.4 Å². The molecule has 4 heteroatoms. The molecule has 0 aliphatic heterocycles. The monoisotopic (exact) mass is 305 g/mol. The van der Waals surface area contributed by atoms with Crippen LogP contribution in [0.5, 0.6) is 5.75 Å². The summed E-state index contributed by atoms with van der Waals surface area (Å²) in [5.74, 6) is 0.840. The third-order valence-electron chi connectivity index (χ3n) is 4.36. The van der Waals surface area contributed by atoms with Gasteiger partial charge in [0, 0.05) is 5.56 Å².